The lowest BCUT2D eigenvalue weighted by Gasteiger charge is -2.21. The average molecular weight is 301 g/mol. The van der Waals surface area contributed by atoms with Crippen LogP contribution in [0.25, 0.3) is 10.1 Å². The van der Waals surface area contributed by atoms with Crippen molar-refractivity contribution in [3.8, 4) is 5.75 Å². The van der Waals surface area contributed by atoms with Gasteiger partial charge >= 0.3 is 0 Å². The van der Waals surface area contributed by atoms with Crippen LogP contribution in [0.4, 0.5) is 4.39 Å². The van der Waals surface area contributed by atoms with Crippen LogP contribution in [0.15, 0.2) is 47.8 Å². The molecule has 1 N–H and O–H groups in total. The average Bonchev–Trinajstić information content (AvgIpc) is 2.98. The van der Waals surface area contributed by atoms with Crippen molar-refractivity contribution in [3.05, 3.63) is 64.8 Å². The van der Waals surface area contributed by atoms with E-state index in [2.05, 4.69) is 22.8 Å². The van der Waals surface area contributed by atoms with Gasteiger partial charge in [-0.1, -0.05) is 24.3 Å². The molecule has 0 fully saturated rings. The van der Waals surface area contributed by atoms with E-state index >= 15 is 0 Å². The van der Waals surface area contributed by atoms with E-state index in [1.165, 1.54) is 16.2 Å². The van der Waals surface area contributed by atoms with Crippen molar-refractivity contribution < 1.29 is 9.13 Å². The Kier molecular flexibility index (Phi) is 3.90. The number of hydrogen-bond acceptors (Lipinski definition) is 3. The van der Waals surface area contributed by atoms with Gasteiger partial charge in [0.1, 0.15) is 11.6 Å². The SMILES string of the molecule is CNC(c1c(F)cccc1OC)c1cccc2ccsc12. The van der Waals surface area contributed by atoms with Gasteiger partial charge in [-0.2, -0.15) is 0 Å². The van der Waals surface area contributed by atoms with Crippen molar-refractivity contribution in [3.63, 3.8) is 0 Å². The largest absolute Gasteiger partial charge is 0.496 e. The maximum absolute atomic E-state index is 14.4. The first-order valence-electron chi connectivity index (χ1n) is 6.72. The first kappa shape index (κ1) is 14.0. The summed E-state index contributed by atoms with van der Waals surface area (Å²) in [6, 6.07) is 12.9. The minimum absolute atomic E-state index is 0.247. The maximum Gasteiger partial charge on any atom is 0.132 e. The summed E-state index contributed by atoms with van der Waals surface area (Å²) in [6.45, 7) is 0. The molecule has 0 aliphatic carbocycles. The van der Waals surface area contributed by atoms with Gasteiger partial charge in [0.15, 0.2) is 0 Å². The van der Waals surface area contributed by atoms with Crippen molar-refractivity contribution >= 4 is 21.4 Å². The Bertz CT molecular complexity index is 768. The van der Waals surface area contributed by atoms with Crippen molar-refractivity contribution in [2.75, 3.05) is 14.2 Å². The molecule has 0 amide bonds. The highest BCUT2D eigenvalue weighted by Crippen LogP contribution is 2.36. The van der Waals surface area contributed by atoms with Gasteiger partial charge in [-0.15, -0.1) is 11.3 Å². The minimum Gasteiger partial charge on any atom is -0.496 e. The zero-order chi connectivity index (χ0) is 14.8. The second-order valence-corrected chi connectivity index (χ2v) is 5.68. The summed E-state index contributed by atoms with van der Waals surface area (Å²) in [5.41, 5.74) is 1.61. The zero-order valence-electron chi connectivity index (χ0n) is 11.9. The molecule has 0 saturated carbocycles. The third-order valence-corrected chi connectivity index (χ3v) is 4.61. The molecule has 1 heterocycles. The molecule has 1 atom stereocenters. The summed E-state index contributed by atoms with van der Waals surface area (Å²) in [7, 11) is 3.40. The fourth-order valence-corrected chi connectivity index (χ4v) is 3.62. The first-order chi connectivity index (χ1) is 10.3. The predicted octanol–water partition coefficient (Wildman–Crippen LogP) is 4.36. The maximum atomic E-state index is 14.4. The number of halogens is 1. The van der Waals surface area contributed by atoms with E-state index in [9.17, 15) is 4.39 Å². The van der Waals surface area contributed by atoms with Gasteiger partial charge in [0.05, 0.1) is 18.7 Å². The predicted molar refractivity (Wildman–Crippen MR) is 85.7 cm³/mol. The number of hydrogen-bond donors (Lipinski definition) is 1. The fraction of sp³-hybridized carbons (Fsp3) is 0.176. The van der Waals surface area contributed by atoms with Crippen LogP contribution in [0.5, 0.6) is 5.75 Å². The highest BCUT2D eigenvalue weighted by Gasteiger charge is 2.22. The Balaban J connectivity index is 2.22. The van der Waals surface area contributed by atoms with E-state index in [4.69, 9.17) is 4.74 Å². The highest BCUT2D eigenvalue weighted by molar-refractivity contribution is 7.17. The normalized spacial score (nSPS) is 12.5. The quantitative estimate of drug-likeness (QED) is 0.773. The molecule has 0 aliphatic rings. The second-order valence-electron chi connectivity index (χ2n) is 4.76. The first-order valence-corrected chi connectivity index (χ1v) is 7.60. The molecule has 0 saturated heterocycles. The number of nitrogens with one attached hydrogen (secondary N) is 1. The van der Waals surface area contributed by atoms with Crippen LogP contribution in [0, 0.1) is 5.82 Å². The Morgan fingerprint density at radius 2 is 1.95 bits per heavy atom. The van der Waals surface area contributed by atoms with E-state index in [-0.39, 0.29) is 11.9 Å². The molecular formula is C17H16FNOS. The van der Waals surface area contributed by atoms with E-state index in [1.54, 1.807) is 30.6 Å². The Labute approximate surface area is 127 Å². The van der Waals surface area contributed by atoms with Crippen LogP contribution in [-0.4, -0.2) is 14.2 Å². The molecule has 0 aliphatic heterocycles. The Morgan fingerprint density at radius 3 is 2.71 bits per heavy atom. The number of fused-ring (bicyclic) bond motifs is 1. The standard InChI is InChI=1S/C17H16FNOS/c1-19-16(15-13(18)7-4-8-14(15)20-2)12-6-3-5-11-9-10-21-17(11)12/h3-10,16,19H,1-2H3. The molecule has 21 heavy (non-hydrogen) atoms. The van der Waals surface area contributed by atoms with Gasteiger partial charge in [0.25, 0.3) is 0 Å². The summed E-state index contributed by atoms with van der Waals surface area (Å²) in [5.74, 6) is 0.296. The van der Waals surface area contributed by atoms with Crippen molar-refractivity contribution in [1.29, 1.82) is 0 Å². The molecule has 0 bridgehead atoms. The molecule has 3 rings (SSSR count). The topological polar surface area (TPSA) is 21.3 Å². The number of methoxy groups -OCH3 is 1. The van der Waals surface area contributed by atoms with Crippen LogP contribution >= 0.6 is 11.3 Å². The van der Waals surface area contributed by atoms with Gasteiger partial charge in [-0.25, -0.2) is 4.39 Å². The van der Waals surface area contributed by atoms with Crippen LogP contribution in [0.1, 0.15) is 17.2 Å². The summed E-state index contributed by atoms with van der Waals surface area (Å²) in [5, 5.41) is 6.45. The molecular weight excluding hydrogens is 285 g/mol. The number of thiophene rings is 1. The van der Waals surface area contributed by atoms with E-state index in [0.29, 0.717) is 11.3 Å². The van der Waals surface area contributed by atoms with Gasteiger partial charge in [0.2, 0.25) is 0 Å². The van der Waals surface area contributed by atoms with Gasteiger partial charge < -0.3 is 10.1 Å². The van der Waals surface area contributed by atoms with E-state index < -0.39 is 0 Å². The van der Waals surface area contributed by atoms with Crippen LogP contribution < -0.4 is 10.1 Å². The van der Waals surface area contributed by atoms with E-state index in [0.717, 1.165) is 5.56 Å². The molecule has 0 radical (unpaired) electrons. The molecule has 1 aromatic heterocycles. The van der Waals surface area contributed by atoms with Gasteiger partial charge in [-0.3, -0.25) is 0 Å². The number of rotatable bonds is 4. The summed E-state index contributed by atoms with van der Waals surface area (Å²) < 4.78 is 20.9. The van der Waals surface area contributed by atoms with Gasteiger partial charge in [0, 0.05) is 4.70 Å². The number of benzene rings is 2. The zero-order valence-corrected chi connectivity index (χ0v) is 12.7. The van der Waals surface area contributed by atoms with Crippen molar-refractivity contribution in [2.24, 2.45) is 0 Å². The summed E-state index contributed by atoms with van der Waals surface area (Å²) in [4.78, 5) is 0. The lowest BCUT2D eigenvalue weighted by Crippen LogP contribution is -2.20. The molecule has 2 nitrogen and oxygen atoms in total. The van der Waals surface area contributed by atoms with Crippen molar-refractivity contribution in [1.82, 2.24) is 5.32 Å². The lowest BCUT2D eigenvalue weighted by atomic mass is 9.96. The molecule has 3 aromatic rings. The van der Waals surface area contributed by atoms with Crippen LogP contribution in [0.2, 0.25) is 0 Å². The number of ether oxygens (including phenoxy) is 1. The second kappa shape index (κ2) is 5.84. The Morgan fingerprint density at radius 1 is 1.14 bits per heavy atom. The third kappa shape index (κ3) is 2.41. The minimum atomic E-state index is -0.262. The molecule has 0 spiro atoms. The lowest BCUT2D eigenvalue weighted by molar-refractivity contribution is 0.399. The van der Waals surface area contributed by atoms with Crippen LogP contribution in [0.3, 0.4) is 0 Å². The summed E-state index contributed by atoms with van der Waals surface area (Å²) in [6.07, 6.45) is 0. The van der Waals surface area contributed by atoms with E-state index in [1.807, 2.05) is 19.2 Å². The molecule has 2 aromatic carbocycles. The van der Waals surface area contributed by atoms with Crippen molar-refractivity contribution in [2.45, 2.75) is 6.04 Å². The van der Waals surface area contributed by atoms with Gasteiger partial charge in [-0.05, 0) is 41.6 Å². The fourth-order valence-electron chi connectivity index (χ4n) is 2.67. The third-order valence-electron chi connectivity index (χ3n) is 3.63. The molecule has 4 heteroatoms. The smallest absolute Gasteiger partial charge is 0.132 e. The monoisotopic (exact) mass is 301 g/mol. The molecule has 108 valence electrons. The summed E-state index contributed by atoms with van der Waals surface area (Å²) >= 11 is 1.67. The Hall–Kier alpha value is -1.91. The highest BCUT2D eigenvalue weighted by atomic mass is 32.1. The molecule has 1 unspecified atom stereocenters. The van der Waals surface area contributed by atoms with Crippen LogP contribution in [-0.2, 0) is 0 Å².